The molecule has 0 saturated carbocycles. The van der Waals surface area contributed by atoms with Crippen LogP contribution < -0.4 is 15.1 Å². The third-order valence-corrected chi connectivity index (χ3v) is 0. The van der Waals surface area contributed by atoms with Gasteiger partial charge in [0.05, 0.1) is 0 Å². The van der Waals surface area contributed by atoms with Gasteiger partial charge in [0, 0.05) is 0 Å². The Morgan fingerprint density at radius 3 is 1.00 bits per heavy atom. The van der Waals surface area contributed by atoms with Gasteiger partial charge in [-0.1, -0.05) is 0 Å². The predicted molar refractivity (Wildman–Crippen MR) is 5.75 cm³/mol. The molecule has 0 saturated heterocycles. The van der Waals surface area contributed by atoms with E-state index in [1.807, 2.05) is 0 Å². The van der Waals surface area contributed by atoms with Crippen molar-refractivity contribution in [3.63, 3.8) is 0 Å². The second-order valence-electron chi connectivity index (χ2n) is 0.289. The van der Waals surface area contributed by atoms with Crippen molar-refractivity contribution in [2.75, 3.05) is 0 Å². The normalized spacial score (nSPS) is 4.50. The topological polar surface area (TPSA) is 69.2 Å². The van der Waals surface area contributed by atoms with Gasteiger partial charge in [0.25, 0.3) is 0 Å². The van der Waals surface area contributed by atoms with Crippen LogP contribution in [-0.4, -0.2) is 7.32 Å². The Morgan fingerprint density at radius 1 is 1.00 bits per heavy atom. The summed E-state index contributed by atoms with van der Waals surface area (Å²) in [7, 11) is -2.92. The summed E-state index contributed by atoms with van der Waals surface area (Å²) in [5.41, 5.74) is 0. The van der Waals surface area contributed by atoms with Crippen molar-refractivity contribution in [1.82, 2.24) is 0 Å². The van der Waals surface area contributed by atoms with Gasteiger partial charge >= 0.3 is 34.4 Å². The minimum atomic E-state index is -2.92. The van der Waals surface area contributed by atoms with Gasteiger partial charge in [-0.05, 0) is 0 Å². The maximum atomic E-state index is 8.42. The second-order valence-corrected chi connectivity index (χ2v) is 0.289. The summed E-state index contributed by atoms with van der Waals surface area (Å²) < 4.78 is 0. The Morgan fingerprint density at radius 2 is 1.00 bits per heavy atom. The van der Waals surface area contributed by atoms with Crippen LogP contribution in [0.2, 0.25) is 0 Å². The molecule has 0 rings (SSSR count). The quantitative estimate of drug-likeness (QED) is 0.352. The Hall–Kier alpha value is 0.997. The van der Waals surface area contributed by atoms with Crippen LogP contribution in [0, 0.1) is 0 Å². The maximum Gasteiger partial charge on any atom is 3.00 e. The van der Waals surface area contributed by atoms with Crippen LogP contribution in [0.1, 0.15) is 0 Å². The largest absolute Gasteiger partial charge is 3.00 e. The summed E-state index contributed by atoms with van der Waals surface area (Å²) in [5, 5.41) is 25.2. The molecule has 0 spiro atoms. The van der Waals surface area contributed by atoms with Crippen LogP contribution in [-0.2, 0) is 34.4 Å². The van der Waals surface area contributed by atoms with E-state index in [0.717, 1.165) is 0 Å². The SMILES string of the molecule is [Cr+3].[Cu+2].[O-]B([O-])[O-]. The first-order chi connectivity index (χ1) is 1.73. The number of hydrogen-bond donors (Lipinski definition) is 0. The molecule has 0 fully saturated rings. The standard InChI is InChI=1S/BO3.Cr.Cu/c2-1(3)4;;/q-3;+3;+2. The number of hydrogen-bond acceptors (Lipinski definition) is 3. The summed E-state index contributed by atoms with van der Waals surface area (Å²) in [5.74, 6) is 0. The van der Waals surface area contributed by atoms with E-state index in [9.17, 15) is 0 Å². The fraction of sp³-hybridized carbons (Fsp3) is 0. The first kappa shape index (κ1) is 15.8. The second kappa shape index (κ2) is 9.37. The van der Waals surface area contributed by atoms with E-state index < -0.39 is 7.32 Å². The van der Waals surface area contributed by atoms with Crippen molar-refractivity contribution in [2.24, 2.45) is 0 Å². The molecule has 0 N–H and O–H groups in total. The fourth-order valence-electron chi connectivity index (χ4n) is 0. The van der Waals surface area contributed by atoms with E-state index >= 15 is 0 Å². The van der Waals surface area contributed by atoms with Crippen LogP contribution in [0.5, 0.6) is 0 Å². The molecular formula is BCrCuO3+2. The summed E-state index contributed by atoms with van der Waals surface area (Å²) in [6, 6.07) is 0. The molecule has 0 aliphatic rings. The Labute approximate surface area is 57.2 Å². The van der Waals surface area contributed by atoms with Gasteiger partial charge in [-0.2, -0.15) is 0 Å². The van der Waals surface area contributed by atoms with E-state index in [1.165, 1.54) is 0 Å². The molecule has 0 aromatic rings. The zero-order chi connectivity index (χ0) is 3.58. The molecule has 0 heterocycles. The van der Waals surface area contributed by atoms with Gasteiger partial charge in [0.1, 0.15) is 0 Å². The van der Waals surface area contributed by atoms with E-state index in [0.29, 0.717) is 0 Å². The minimum Gasteiger partial charge on any atom is -0.907 e. The van der Waals surface area contributed by atoms with Gasteiger partial charge in [-0.25, -0.2) is 0 Å². The molecule has 0 amide bonds. The Kier molecular flexibility index (Phi) is 24.6. The van der Waals surface area contributed by atoms with E-state index in [-0.39, 0.29) is 34.4 Å². The molecular weight excluding hydrogens is 174 g/mol. The average Bonchev–Trinajstić information content (AvgIpc) is 0.811. The fourth-order valence-corrected chi connectivity index (χ4v) is 0. The summed E-state index contributed by atoms with van der Waals surface area (Å²) in [6.07, 6.45) is 0. The first-order valence-electron chi connectivity index (χ1n) is 0.707. The Bertz CT molecular complexity index is 15.5. The van der Waals surface area contributed by atoms with Crippen LogP contribution in [0.4, 0.5) is 0 Å². The third kappa shape index (κ3) is 80.3. The van der Waals surface area contributed by atoms with Crippen LogP contribution in [0.3, 0.4) is 0 Å². The molecule has 2 radical (unpaired) electrons. The molecule has 0 aliphatic carbocycles. The van der Waals surface area contributed by atoms with Crippen molar-refractivity contribution in [1.29, 1.82) is 0 Å². The molecule has 0 bridgehead atoms. The monoisotopic (exact) mass is 174 g/mol. The van der Waals surface area contributed by atoms with Crippen LogP contribution in [0.25, 0.3) is 0 Å². The minimum absolute atomic E-state index is 0. The zero-order valence-corrected chi connectivity index (χ0v) is 4.73. The van der Waals surface area contributed by atoms with E-state index in [1.54, 1.807) is 0 Å². The average molecular weight is 174 g/mol. The molecule has 0 unspecified atom stereocenters. The first-order valence-corrected chi connectivity index (χ1v) is 0.707. The summed E-state index contributed by atoms with van der Waals surface area (Å²) >= 11 is 0. The van der Waals surface area contributed by atoms with Crippen LogP contribution >= 0.6 is 0 Å². The van der Waals surface area contributed by atoms with Crippen molar-refractivity contribution >= 4 is 7.32 Å². The van der Waals surface area contributed by atoms with Gasteiger partial charge in [0.15, 0.2) is 0 Å². The van der Waals surface area contributed by atoms with Crippen molar-refractivity contribution in [3.05, 3.63) is 0 Å². The molecule has 0 aliphatic heterocycles. The van der Waals surface area contributed by atoms with Gasteiger partial charge in [-0.3, -0.25) is 7.32 Å². The molecule has 0 aromatic carbocycles. The molecule has 3 nitrogen and oxygen atoms in total. The maximum absolute atomic E-state index is 8.42. The van der Waals surface area contributed by atoms with Crippen LogP contribution in [0.15, 0.2) is 0 Å². The van der Waals surface area contributed by atoms with E-state index in [2.05, 4.69) is 0 Å². The molecule has 0 aromatic heterocycles. The Balaban J connectivity index is -0.0000000450. The summed E-state index contributed by atoms with van der Waals surface area (Å²) in [4.78, 5) is 0. The van der Waals surface area contributed by atoms with E-state index in [4.69, 9.17) is 15.1 Å². The van der Waals surface area contributed by atoms with Gasteiger partial charge < -0.3 is 15.1 Å². The molecule has 0 atom stereocenters. The van der Waals surface area contributed by atoms with Crippen molar-refractivity contribution < 1.29 is 49.5 Å². The third-order valence-electron chi connectivity index (χ3n) is 0. The van der Waals surface area contributed by atoms with Gasteiger partial charge in [0.2, 0.25) is 0 Å². The van der Waals surface area contributed by atoms with Crippen molar-refractivity contribution in [3.8, 4) is 0 Å². The number of rotatable bonds is 0. The molecule has 36 valence electrons. The predicted octanol–water partition coefficient (Wildman–Crippen LogP) is -3.95. The molecule has 6 heteroatoms. The molecule has 6 heavy (non-hydrogen) atoms. The summed E-state index contributed by atoms with van der Waals surface area (Å²) in [6.45, 7) is 0. The van der Waals surface area contributed by atoms with Crippen molar-refractivity contribution in [2.45, 2.75) is 0 Å². The zero-order valence-electron chi connectivity index (χ0n) is 2.51. The van der Waals surface area contributed by atoms with Gasteiger partial charge in [-0.15, -0.1) is 0 Å². The smallest absolute Gasteiger partial charge is 0.907 e.